The Morgan fingerprint density at radius 1 is 1.13 bits per heavy atom. The van der Waals surface area contributed by atoms with Crippen molar-refractivity contribution in [2.24, 2.45) is 0 Å². The van der Waals surface area contributed by atoms with E-state index in [1.165, 1.54) is 6.42 Å². The fourth-order valence-electron chi connectivity index (χ4n) is 6.77. The first-order valence-electron chi connectivity index (χ1n) is 13.9. The second-order valence-electron chi connectivity index (χ2n) is 11.3. The zero-order valence-electron chi connectivity index (χ0n) is 21.8. The van der Waals surface area contributed by atoms with Crippen LogP contribution < -0.4 is 19.9 Å². The van der Waals surface area contributed by atoms with E-state index in [0.29, 0.717) is 38.2 Å². The van der Waals surface area contributed by atoms with E-state index in [1.54, 1.807) is 6.07 Å². The van der Waals surface area contributed by atoms with Crippen molar-refractivity contribution in [2.45, 2.75) is 56.5 Å². The molecule has 0 spiro atoms. The molecule has 0 amide bonds. The van der Waals surface area contributed by atoms with Gasteiger partial charge in [-0.2, -0.15) is 9.97 Å². The van der Waals surface area contributed by atoms with E-state index in [2.05, 4.69) is 33.1 Å². The zero-order valence-corrected chi connectivity index (χ0v) is 21.8. The van der Waals surface area contributed by atoms with Crippen molar-refractivity contribution < 1.29 is 14.2 Å². The Morgan fingerprint density at radius 3 is 2.87 bits per heavy atom. The second kappa shape index (κ2) is 9.54. The molecule has 200 valence electrons. The van der Waals surface area contributed by atoms with Crippen molar-refractivity contribution in [2.75, 3.05) is 49.6 Å². The van der Waals surface area contributed by atoms with E-state index in [4.69, 9.17) is 14.7 Å². The minimum atomic E-state index is -0.814. The molecule has 9 heteroatoms. The monoisotopic (exact) mass is 518 g/mol. The third-order valence-corrected chi connectivity index (χ3v) is 8.82. The van der Waals surface area contributed by atoms with Gasteiger partial charge in [0.2, 0.25) is 0 Å². The first-order valence-corrected chi connectivity index (χ1v) is 13.9. The smallest absolute Gasteiger partial charge is 0.318 e. The molecule has 3 fully saturated rings. The highest BCUT2D eigenvalue weighted by molar-refractivity contribution is 5.95. The SMILES string of the molecule is CN1CCC[C@H]1COc1nc2c(c(N3CC4CC(F)C(C3)N4)n1)CCN(c1cc(O)cc3ccccc13)C2. The number of nitrogens with one attached hydrogen (secondary N) is 1. The topological polar surface area (TPSA) is 77.0 Å². The normalized spacial score (nSPS) is 27.2. The zero-order chi connectivity index (χ0) is 25.8. The van der Waals surface area contributed by atoms with Gasteiger partial charge in [0.15, 0.2) is 0 Å². The number of halogens is 1. The van der Waals surface area contributed by atoms with Crippen molar-refractivity contribution in [3.63, 3.8) is 0 Å². The molecule has 0 aliphatic carbocycles. The number of piperazine rings is 1. The summed E-state index contributed by atoms with van der Waals surface area (Å²) in [5.74, 6) is 1.16. The van der Waals surface area contributed by atoms with Gasteiger partial charge in [-0.05, 0) is 50.7 Å². The van der Waals surface area contributed by atoms with Crippen molar-refractivity contribution >= 4 is 22.3 Å². The first-order chi connectivity index (χ1) is 18.5. The molecule has 2 aromatic carbocycles. The lowest BCUT2D eigenvalue weighted by atomic mass is 10.0. The molecule has 2 bridgehead atoms. The number of rotatable bonds is 5. The molecule has 1 aromatic heterocycles. The van der Waals surface area contributed by atoms with Crippen LogP contribution in [0, 0.1) is 0 Å². The quantitative estimate of drug-likeness (QED) is 0.533. The number of likely N-dealkylation sites (tertiary alicyclic amines) is 1. The van der Waals surface area contributed by atoms with Crippen LogP contribution in [-0.2, 0) is 13.0 Å². The predicted octanol–water partition coefficient (Wildman–Crippen LogP) is 3.26. The van der Waals surface area contributed by atoms with Crippen molar-refractivity contribution in [1.29, 1.82) is 0 Å². The lowest BCUT2D eigenvalue weighted by molar-refractivity contribution is 0.187. The molecular weight excluding hydrogens is 483 g/mol. The van der Waals surface area contributed by atoms with Crippen LogP contribution in [0.5, 0.6) is 11.8 Å². The Kier molecular flexibility index (Phi) is 6.00. The highest BCUT2D eigenvalue weighted by atomic mass is 19.1. The summed E-state index contributed by atoms with van der Waals surface area (Å²) in [4.78, 5) is 16.7. The summed E-state index contributed by atoms with van der Waals surface area (Å²) in [6.45, 7) is 4.39. The summed E-state index contributed by atoms with van der Waals surface area (Å²) in [7, 11) is 2.14. The van der Waals surface area contributed by atoms with Gasteiger partial charge < -0.3 is 29.9 Å². The van der Waals surface area contributed by atoms with Gasteiger partial charge in [-0.25, -0.2) is 4.39 Å². The molecule has 3 aromatic rings. The molecule has 2 N–H and O–H groups in total. The van der Waals surface area contributed by atoms with Gasteiger partial charge in [0.05, 0.1) is 18.3 Å². The van der Waals surface area contributed by atoms with E-state index >= 15 is 0 Å². The van der Waals surface area contributed by atoms with Crippen molar-refractivity contribution in [3.05, 3.63) is 47.7 Å². The standard InChI is InChI=1S/C29H35FN6O2/c1-34-9-4-6-20(34)17-38-29-32-25-15-35(27-13-21(37)11-18-5-2-3-7-22(18)27)10-8-23(25)28(33-29)36-14-19-12-24(30)26(16-36)31-19/h2-3,5,7,11,13,19-20,24,26,31,37H,4,6,8-10,12,14-17H2,1H3/t19?,20-,24?,26?/m0/s1. The molecule has 4 aliphatic rings. The summed E-state index contributed by atoms with van der Waals surface area (Å²) in [6, 6.07) is 12.6. The molecule has 8 nitrogen and oxygen atoms in total. The van der Waals surface area contributed by atoms with E-state index in [-0.39, 0.29) is 17.8 Å². The van der Waals surface area contributed by atoms with Gasteiger partial charge in [-0.1, -0.05) is 24.3 Å². The fraction of sp³-hybridized carbons (Fsp3) is 0.517. The number of benzene rings is 2. The van der Waals surface area contributed by atoms with E-state index < -0.39 is 6.17 Å². The number of aromatic nitrogens is 2. The number of fused-ring (bicyclic) bond motifs is 4. The van der Waals surface area contributed by atoms with Crippen molar-refractivity contribution in [3.8, 4) is 11.8 Å². The molecule has 0 radical (unpaired) electrons. The molecule has 7 rings (SSSR count). The maximum Gasteiger partial charge on any atom is 0.318 e. The van der Waals surface area contributed by atoms with E-state index in [9.17, 15) is 9.50 Å². The third-order valence-electron chi connectivity index (χ3n) is 8.82. The molecule has 3 saturated heterocycles. The number of phenolic OH excluding ortho intramolecular Hbond substituents is 1. The average Bonchev–Trinajstić information content (AvgIpc) is 3.45. The highest BCUT2D eigenvalue weighted by Gasteiger charge is 2.41. The number of aromatic hydroxyl groups is 1. The Morgan fingerprint density at radius 2 is 2.03 bits per heavy atom. The second-order valence-corrected chi connectivity index (χ2v) is 11.3. The maximum atomic E-state index is 14.5. The number of anilines is 2. The lowest BCUT2D eigenvalue weighted by Crippen LogP contribution is -2.53. The van der Waals surface area contributed by atoms with Gasteiger partial charge in [0, 0.05) is 54.4 Å². The Hall–Kier alpha value is -3.17. The van der Waals surface area contributed by atoms with Crippen LogP contribution >= 0.6 is 0 Å². The lowest BCUT2D eigenvalue weighted by Gasteiger charge is -2.37. The minimum Gasteiger partial charge on any atom is -0.508 e. The Bertz CT molecular complexity index is 1350. The van der Waals surface area contributed by atoms with E-state index in [1.807, 2.05) is 24.3 Å². The third kappa shape index (κ3) is 4.31. The highest BCUT2D eigenvalue weighted by Crippen LogP contribution is 2.37. The predicted molar refractivity (Wildman–Crippen MR) is 146 cm³/mol. The maximum absolute atomic E-state index is 14.5. The fourth-order valence-corrected chi connectivity index (χ4v) is 6.77. The van der Waals surface area contributed by atoms with Gasteiger partial charge in [0.25, 0.3) is 0 Å². The molecular formula is C29H35FN6O2. The van der Waals surface area contributed by atoms with Gasteiger partial charge in [0.1, 0.15) is 24.3 Å². The number of hydrogen-bond donors (Lipinski definition) is 2. The Balaban J connectivity index is 1.23. The van der Waals surface area contributed by atoms with Crippen LogP contribution in [-0.4, -0.2) is 84.1 Å². The average molecular weight is 519 g/mol. The van der Waals surface area contributed by atoms with Crippen LogP contribution in [0.3, 0.4) is 0 Å². The number of phenols is 1. The molecule has 4 atom stereocenters. The molecule has 3 unspecified atom stereocenters. The largest absolute Gasteiger partial charge is 0.508 e. The number of ether oxygens (including phenoxy) is 1. The van der Waals surface area contributed by atoms with Gasteiger partial charge in [-0.3, -0.25) is 0 Å². The van der Waals surface area contributed by atoms with Crippen LogP contribution in [0.2, 0.25) is 0 Å². The number of likely N-dealkylation sites (N-methyl/N-ethyl adjacent to an activating group) is 1. The molecule has 38 heavy (non-hydrogen) atoms. The number of alkyl halides is 1. The van der Waals surface area contributed by atoms with Crippen LogP contribution in [0.1, 0.15) is 30.5 Å². The summed E-state index contributed by atoms with van der Waals surface area (Å²) in [5, 5.41) is 16.0. The molecule has 5 heterocycles. The minimum absolute atomic E-state index is 0.143. The summed E-state index contributed by atoms with van der Waals surface area (Å²) in [6.07, 6.45) is 2.82. The van der Waals surface area contributed by atoms with Gasteiger partial charge >= 0.3 is 6.01 Å². The van der Waals surface area contributed by atoms with Crippen molar-refractivity contribution in [1.82, 2.24) is 20.2 Å². The number of nitrogens with zero attached hydrogens (tertiary/aromatic N) is 5. The van der Waals surface area contributed by atoms with Crippen LogP contribution in [0.25, 0.3) is 10.8 Å². The van der Waals surface area contributed by atoms with Crippen LogP contribution in [0.15, 0.2) is 36.4 Å². The molecule has 0 saturated carbocycles. The first kappa shape index (κ1) is 23.9. The summed E-state index contributed by atoms with van der Waals surface area (Å²) < 4.78 is 20.8. The van der Waals surface area contributed by atoms with Gasteiger partial charge in [-0.15, -0.1) is 0 Å². The number of hydrogen-bond acceptors (Lipinski definition) is 8. The summed E-state index contributed by atoms with van der Waals surface area (Å²) >= 11 is 0. The summed E-state index contributed by atoms with van der Waals surface area (Å²) in [5.41, 5.74) is 3.08. The van der Waals surface area contributed by atoms with Crippen LogP contribution in [0.4, 0.5) is 15.9 Å². The Labute approximate surface area is 222 Å². The van der Waals surface area contributed by atoms with E-state index in [0.717, 1.165) is 66.0 Å². The molecule has 4 aliphatic heterocycles.